The van der Waals surface area contributed by atoms with Gasteiger partial charge in [0.1, 0.15) is 5.82 Å². The molecule has 2 rings (SSSR count). The quantitative estimate of drug-likeness (QED) is 0.501. The van der Waals surface area contributed by atoms with E-state index < -0.39 is 5.82 Å². The first-order valence-corrected chi connectivity index (χ1v) is 9.66. The van der Waals surface area contributed by atoms with Gasteiger partial charge in [0.2, 0.25) is 11.8 Å². The zero-order chi connectivity index (χ0) is 19.6. The fraction of sp³-hybridized carbons (Fsp3) is 0.350. The molecule has 0 aliphatic carbocycles. The molecule has 0 spiro atoms. The van der Waals surface area contributed by atoms with E-state index >= 15 is 0 Å². The van der Waals surface area contributed by atoms with Crippen molar-refractivity contribution in [2.45, 2.75) is 25.7 Å². The lowest BCUT2D eigenvalue weighted by molar-refractivity contribution is -0.129. The van der Waals surface area contributed by atoms with Crippen molar-refractivity contribution < 1.29 is 18.8 Å². The van der Waals surface area contributed by atoms with Crippen LogP contribution in [0, 0.1) is 5.82 Å². The maximum atomic E-state index is 13.5. The van der Waals surface area contributed by atoms with E-state index in [1.165, 1.54) is 17.4 Å². The molecule has 144 valence electrons. The maximum Gasteiger partial charge on any atom is 0.224 e. The number of halogens is 1. The number of Topliss-reactive ketones (excluding diaryl/α,β-unsaturated/α-hetero) is 1. The van der Waals surface area contributed by atoms with Crippen molar-refractivity contribution in [1.82, 2.24) is 10.2 Å². The lowest BCUT2D eigenvalue weighted by atomic mass is 10.1. The summed E-state index contributed by atoms with van der Waals surface area (Å²) in [6.07, 6.45) is 0.951. The van der Waals surface area contributed by atoms with E-state index in [0.717, 1.165) is 0 Å². The molecule has 0 saturated heterocycles. The van der Waals surface area contributed by atoms with Crippen LogP contribution < -0.4 is 5.32 Å². The molecule has 0 unspecified atom stereocenters. The first-order valence-electron chi connectivity index (χ1n) is 8.78. The van der Waals surface area contributed by atoms with Gasteiger partial charge in [0.25, 0.3) is 0 Å². The normalized spacial score (nSPS) is 10.4. The number of nitrogens with zero attached hydrogens (tertiary/aromatic N) is 1. The van der Waals surface area contributed by atoms with Gasteiger partial charge >= 0.3 is 0 Å². The Morgan fingerprint density at radius 2 is 1.89 bits per heavy atom. The number of hydrogen-bond acceptors (Lipinski definition) is 4. The minimum atomic E-state index is -0.393. The van der Waals surface area contributed by atoms with Gasteiger partial charge in [-0.3, -0.25) is 14.4 Å². The monoisotopic (exact) mass is 390 g/mol. The van der Waals surface area contributed by atoms with E-state index in [4.69, 9.17) is 0 Å². The lowest BCUT2D eigenvalue weighted by Crippen LogP contribution is -2.32. The summed E-state index contributed by atoms with van der Waals surface area (Å²) in [5.41, 5.74) is 0.359. The molecule has 5 nitrogen and oxygen atoms in total. The summed E-state index contributed by atoms with van der Waals surface area (Å²) in [5, 5.41) is 4.56. The summed E-state index contributed by atoms with van der Waals surface area (Å²) in [5.74, 6) is -0.768. The predicted molar refractivity (Wildman–Crippen MR) is 103 cm³/mol. The van der Waals surface area contributed by atoms with Crippen LogP contribution in [-0.4, -0.2) is 42.6 Å². The summed E-state index contributed by atoms with van der Waals surface area (Å²) in [6, 6.07) is 9.75. The van der Waals surface area contributed by atoms with E-state index in [2.05, 4.69) is 5.32 Å². The van der Waals surface area contributed by atoms with Gasteiger partial charge in [-0.15, -0.1) is 11.3 Å². The molecule has 0 radical (unpaired) electrons. The fourth-order valence-corrected chi connectivity index (χ4v) is 3.21. The van der Waals surface area contributed by atoms with Gasteiger partial charge in [-0.2, -0.15) is 0 Å². The Balaban J connectivity index is 1.61. The van der Waals surface area contributed by atoms with E-state index in [0.29, 0.717) is 30.0 Å². The fourth-order valence-electron chi connectivity index (χ4n) is 2.52. The van der Waals surface area contributed by atoms with Gasteiger partial charge in [0.05, 0.1) is 11.3 Å². The van der Waals surface area contributed by atoms with E-state index in [1.54, 1.807) is 36.2 Å². The smallest absolute Gasteiger partial charge is 0.224 e. The molecule has 0 aliphatic rings. The van der Waals surface area contributed by atoms with Crippen molar-refractivity contribution in [1.29, 1.82) is 0 Å². The molecule has 0 saturated carbocycles. The molecule has 0 bridgehead atoms. The van der Waals surface area contributed by atoms with Crippen LogP contribution in [0.15, 0.2) is 41.8 Å². The second kappa shape index (κ2) is 10.6. The third-order valence-corrected chi connectivity index (χ3v) is 5.00. The molecule has 7 heteroatoms. The highest BCUT2D eigenvalue weighted by Gasteiger charge is 2.13. The van der Waals surface area contributed by atoms with Gasteiger partial charge in [0.15, 0.2) is 5.78 Å². The van der Waals surface area contributed by atoms with Gasteiger partial charge in [0, 0.05) is 33.0 Å². The highest BCUT2D eigenvalue weighted by Crippen LogP contribution is 2.12. The van der Waals surface area contributed by atoms with Crippen molar-refractivity contribution in [2.24, 2.45) is 0 Å². The number of thiophene rings is 1. The zero-order valence-electron chi connectivity index (χ0n) is 15.2. The molecule has 2 amide bonds. The van der Waals surface area contributed by atoms with Crippen LogP contribution in [-0.2, 0) is 16.0 Å². The van der Waals surface area contributed by atoms with Crippen molar-refractivity contribution in [3.8, 4) is 0 Å². The second-order valence-corrected chi connectivity index (χ2v) is 7.14. The molecule has 27 heavy (non-hydrogen) atoms. The highest BCUT2D eigenvalue weighted by atomic mass is 32.1. The Bertz CT molecular complexity index is 777. The number of carbonyl (C=O) groups is 3. The van der Waals surface area contributed by atoms with Crippen molar-refractivity contribution in [3.05, 3.63) is 58.0 Å². The number of benzene rings is 1. The summed E-state index contributed by atoms with van der Waals surface area (Å²) >= 11 is 1.37. The first kappa shape index (κ1) is 20.8. The molecule has 0 aliphatic heterocycles. The largest absolute Gasteiger partial charge is 0.356 e. The maximum absolute atomic E-state index is 13.5. The zero-order valence-corrected chi connectivity index (χ0v) is 16.1. The van der Waals surface area contributed by atoms with Gasteiger partial charge in [-0.1, -0.05) is 24.3 Å². The molecule has 1 N–H and O–H groups in total. The molecule has 0 atom stereocenters. The van der Waals surface area contributed by atoms with Crippen LogP contribution in [0.3, 0.4) is 0 Å². The Hall–Kier alpha value is -2.54. The minimum absolute atomic E-state index is 0.00766. The molecule has 1 aromatic carbocycles. The van der Waals surface area contributed by atoms with Crippen LogP contribution in [0.5, 0.6) is 0 Å². The molecular weight excluding hydrogens is 367 g/mol. The van der Waals surface area contributed by atoms with Gasteiger partial charge in [-0.05, 0) is 29.5 Å². The Labute approximate surface area is 162 Å². The number of carbonyl (C=O) groups excluding carboxylic acids is 3. The second-order valence-electron chi connectivity index (χ2n) is 6.19. The van der Waals surface area contributed by atoms with Crippen LogP contribution in [0.4, 0.5) is 4.39 Å². The number of amides is 2. The summed E-state index contributed by atoms with van der Waals surface area (Å²) in [7, 11) is 1.68. The predicted octanol–water partition coefficient (Wildman–Crippen LogP) is 3.06. The van der Waals surface area contributed by atoms with Crippen LogP contribution >= 0.6 is 11.3 Å². The lowest BCUT2D eigenvalue weighted by Gasteiger charge is -2.17. The summed E-state index contributed by atoms with van der Waals surface area (Å²) in [4.78, 5) is 38.0. The number of nitrogens with one attached hydrogen (secondary N) is 1. The average molecular weight is 390 g/mol. The van der Waals surface area contributed by atoms with E-state index in [9.17, 15) is 18.8 Å². The number of rotatable bonds is 10. The van der Waals surface area contributed by atoms with E-state index in [1.807, 2.05) is 11.4 Å². The van der Waals surface area contributed by atoms with Gasteiger partial charge < -0.3 is 10.2 Å². The molecule has 1 aromatic heterocycles. The van der Waals surface area contributed by atoms with Crippen molar-refractivity contribution >= 4 is 28.9 Å². The topological polar surface area (TPSA) is 66.5 Å². The highest BCUT2D eigenvalue weighted by molar-refractivity contribution is 7.12. The standard InChI is InChI=1S/C20H23FN2O3S/c1-23(20(26)10-9-17(24)18-8-4-13-27-18)12-5-11-22-19(25)14-15-6-2-3-7-16(15)21/h2-4,6-8,13H,5,9-12,14H2,1H3,(H,22,25). The molecule has 1 heterocycles. The third kappa shape index (κ3) is 6.94. The van der Waals surface area contributed by atoms with Crippen LogP contribution in [0.1, 0.15) is 34.5 Å². The van der Waals surface area contributed by atoms with Gasteiger partial charge in [-0.25, -0.2) is 4.39 Å². The number of ketones is 1. The third-order valence-electron chi connectivity index (χ3n) is 4.09. The molecular formula is C20H23FN2O3S. The van der Waals surface area contributed by atoms with Crippen molar-refractivity contribution in [2.75, 3.05) is 20.1 Å². The average Bonchev–Trinajstić information content (AvgIpc) is 3.19. The Morgan fingerprint density at radius 1 is 1.11 bits per heavy atom. The first-order chi connectivity index (χ1) is 13.0. The Kier molecular flexibility index (Phi) is 8.13. The van der Waals surface area contributed by atoms with Crippen molar-refractivity contribution in [3.63, 3.8) is 0 Å². The Morgan fingerprint density at radius 3 is 2.59 bits per heavy atom. The van der Waals surface area contributed by atoms with Crippen LogP contribution in [0.2, 0.25) is 0 Å². The van der Waals surface area contributed by atoms with Crippen LogP contribution in [0.25, 0.3) is 0 Å². The van der Waals surface area contributed by atoms with E-state index in [-0.39, 0.29) is 36.9 Å². The summed E-state index contributed by atoms with van der Waals surface area (Å²) < 4.78 is 13.5. The molecule has 0 fully saturated rings. The molecule has 2 aromatic rings. The SMILES string of the molecule is CN(CCCNC(=O)Cc1ccccc1F)C(=O)CCC(=O)c1cccs1. The summed E-state index contributed by atoms with van der Waals surface area (Å²) in [6.45, 7) is 0.880. The minimum Gasteiger partial charge on any atom is -0.356 e. The number of hydrogen-bond donors (Lipinski definition) is 1.